The summed E-state index contributed by atoms with van der Waals surface area (Å²) in [4.78, 5) is 4.01. The second-order valence-electron chi connectivity index (χ2n) is 3.03. The lowest BCUT2D eigenvalue weighted by atomic mass is 10.3. The van der Waals surface area contributed by atoms with Gasteiger partial charge in [-0.15, -0.1) is 0 Å². The molecule has 5 nitrogen and oxygen atoms in total. The first-order chi connectivity index (χ1) is 7.26. The monoisotopic (exact) mass is 207 g/mol. The fourth-order valence-corrected chi connectivity index (χ4v) is 1.07. The maximum Gasteiger partial charge on any atom is 0.127 e. The minimum atomic E-state index is -0.581. The van der Waals surface area contributed by atoms with Gasteiger partial charge in [-0.3, -0.25) is 0 Å². The van der Waals surface area contributed by atoms with Gasteiger partial charge < -0.3 is 15.2 Å². The number of aliphatic hydroxyl groups is 1. The third kappa shape index (κ3) is 3.94. The van der Waals surface area contributed by atoms with Crippen LogP contribution in [0.5, 0.6) is 0 Å². The van der Waals surface area contributed by atoms with Crippen LogP contribution < -0.4 is 5.32 Å². The number of hydrogen-bond donors (Lipinski definition) is 2. The molecular formula is C10H13N3O2. The molecule has 0 amide bonds. The van der Waals surface area contributed by atoms with E-state index in [1.807, 2.05) is 6.07 Å². The van der Waals surface area contributed by atoms with Crippen molar-refractivity contribution < 1.29 is 9.84 Å². The van der Waals surface area contributed by atoms with Gasteiger partial charge in [0.05, 0.1) is 24.3 Å². The summed E-state index contributed by atoms with van der Waals surface area (Å²) in [5.74, 6) is 0.573. The summed E-state index contributed by atoms with van der Waals surface area (Å²) in [7, 11) is 1.53. The molecule has 1 aromatic rings. The Hall–Kier alpha value is -1.64. The number of aliphatic hydroxyl groups excluding tert-OH is 1. The van der Waals surface area contributed by atoms with Gasteiger partial charge in [0, 0.05) is 19.9 Å². The quantitative estimate of drug-likeness (QED) is 0.729. The summed E-state index contributed by atoms with van der Waals surface area (Å²) < 4.78 is 4.77. The maximum atomic E-state index is 9.36. The Labute approximate surface area is 88.3 Å². The van der Waals surface area contributed by atoms with Crippen molar-refractivity contribution in [3.8, 4) is 6.07 Å². The minimum absolute atomic E-state index is 0.269. The highest BCUT2D eigenvalue weighted by Crippen LogP contribution is 2.05. The lowest BCUT2D eigenvalue weighted by Gasteiger charge is -2.10. The molecule has 0 aliphatic carbocycles. The molecule has 0 saturated carbocycles. The summed E-state index contributed by atoms with van der Waals surface area (Å²) in [6.45, 7) is 0.612. The topological polar surface area (TPSA) is 78.2 Å². The van der Waals surface area contributed by atoms with E-state index in [-0.39, 0.29) is 6.61 Å². The van der Waals surface area contributed by atoms with Crippen LogP contribution in [0.4, 0.5) is 5.82 Å². The molecule has 80 valence electrons. The molecule has 2 N–H and O–H groups in total. The third-order valence-electron chi connectivity index (χ3n) is 1.77. The molecule has 1 rings (SSSR count). The number of nitriles is 1. The van der Waals surface area contributed by atoms with Gasteiger partial charge in [-0.05, 0) is 12.1 Å². The molecule has 0 aliphatic heterocycles. The third-order valence-corrected chi connectivity index (χ3v) is 1.77. The number of ether oxygens (including phenoxy) is 1. The molecule has 0 fully saturated rings. The molecule has 0 aliphatic rings. The Balaban J connectivity index is 2.47. The Kier molecular flexibility index (Phi) is 4.54. The minimum Gasteiger partial charge on any atom is -0.389 e. The highest BCUT2D eigenvalue weighted by atomic mass is 16.5. The first-order valence-electron chi connectivity index (χ1n) is 4.53. The fraction of sp³-hybridized carbons (Fsp3) is 0.400. The van der Waals surface area contributed by atoms with Crippen LogP contribution in [-0.2, 0) is 4.74 Å². The molecule has 0 spiro atoms. The van der Waals surface area contributed by atoms with Crippen LogP contribution in [0, 0.1) is 11.3 Å². The van der Waals surface area contributed by atoms with Crippen LogP contribution in [0.2, 0.25) is 0 Å². The van der Waals surface area contributed by atoms with Crippen LogP contribution in [0.25, 0.3) is 0 Å². The molecule has 15 heavy (non-hydrogen) atoms. The van der Waals surface area contributed by atoms with E-state index in [9.17, 15) is 5.11 Å². The number of anilines is 1. The molecule has 0 bridgehead atoms. The summed E-state index contributed by atoms with van der Waals surface area (Å²) >= 11 is 0. The van der Waals surface area contributed by atoms with Gasteiger partial charge in [-0.25, -0.2) is 4.98 Å². The highest BCUT2D eigenvalue weighted by Gasteiger charge is 2.03. The first kappa shape index (κ1) is 11.4. The van der Waals surface area contributed by atoms with Crippen LogP contribution in [-0.4, -0.2) is 36.5 Å². The van der Waals surface area contributed by atoms with Gasteiger partial charge in [0.15, 0.2) is 0 Å². The van der Waals surface area contributed by atoms with E-state index in [1.165, 1.54) is 7.11 Å². The van der Waals surface area contributed by atoms with E-state index in [2.05, 4.69) is 10.3 Å². The van der Waals surface area contributed by atoms with E-state index >= 15 is 0 Å². The van der Waals surface area contributed by atoms with Crippen molar-refractivity contribution in [3.05, 3.63) is 23.9 Å². The van der Waals surface area contributed by atoms with E-state index in [0.717, 1.165) is 0 Å². The van der Waals surface area contributed by atoms with Gasteiger partial charge in [0.2, 0.25) is 0 Å². The predicted octanol–water partition coefficient (Wildman–Crippen LogP) is 0.372. The van der Waals surface area contributed by atoms with E-state index in [0.29, 0.717) is 17.9 Å². The summed E-state index contributed by atoms with van der Waals surface area (Å²) in [5, 5.41) is 20.9. The number of nitrogens with zero attached hydrogens (tertiary/aromatic N) is 2. The van der Waals surface area contributed by atoms with Crippen molar-refractivity contribution in [2.24, 2.45) is 0 Å². The van der Waals surface area contributed by atoms with Crippen molar-refractivity contribution in [3.63, 3.8) is 0 Å². The molecule has 0 radical (unpaired) electrons. The average molecular weight is 207 g/mol. The predicted molar refractivity (Wildman–Crippen MR) is 55.3 cm³/mol. The zero-order chi connectivity index (χ0) is 11.1. The van der Waals surface area contributed by atoms with Crippen molar-refractivity contribution in [2.75, 3.05) is 25.6 Å². The van der Waals surface area contributed by atoms with Crippen LogP contribution in [0.3, 0.4) is 0 Å². The lowest BCUT2D eigenvalue weighted by molar-refractivity contribution is 0.0727. The van der Waals surface area contributed by atoms with E-state index < -0.39 is 6.10 Å². The van der Waals surface area contributed by atoms with Gasteiger partial charge in [0.25, 0.3) is 0 Å². The van der Waals surface area contributed by atoms with Gasteiger partial charge in [-0.1, -0.05) is 0 Å². The van der Waals surface area contributed by atoms with Crippen molar-refractivity contribution in [1.82, 2.24) is 4.98 Å². The molecule has 0 saturated heterocycles. The number of pyridine rings is 1. The molecule has 1 unspecified atom stereocenters. The summed E-state index contributed by atoms with van der Waals surface area (Å²) in [6.07, 6.45) is 0.964. The number of rotatable bonds is 5. The Morgan fingerprint density at radius 2 is 2.53 bits per heavy atom. The largest absolute Gasteiger partial charge is 0.389 e. The van der Waals surface area contributed by atoms with Gasteiger partial charge >= 0.3 is 0 Å². The number of methoxy groups -OCH3 is 1. The number of nitrogens with one attached hydrogen (secondary N) is 1. The Morgan fingerprint density at radius 3 is 3.20 bits per heavy atom. The Morgan fingerprint density at radius 1 is 1.73 bits per heavy atom. The molecule has 1 heterocycles. The summed E-state index contributed by atoms with van der Waals surface area (Å²) in [5.41, 5.74) is 0.536. The van der Waals surface area contributed by atoms with Crippen LogP contribution in [0.15, 0.2) is 18.3 Å². The maximum absolute atomic E-state index is 9.36. The number of aromatic nitrogens is 1. The van der Waals surface area contributed by atoms with Crippen molar-refractivity contribution in [1.29, 1.82) is 5.26 Å². The smallest absolute Gasteiger partial charge is 0.127 e. The van der Waals surface area contributed by atoms with E-state index in [4.69, 9.17) is 10.00 Å². The average Bonchev–Trinajstić information content (AvgIpc) is 2.27. The van der Waals surface area contributed by atoms with Crippen molar-refractivity contribution >= 4 is 5.82 Å². The normalized spacial score (nSPS) is 11.8. The molecule has 1 aromatic heterocycles. The molecule has 5 heteroatoms. The second kappa shape index (κ2) is 5.96. The van der Waals surface area contributed by atoms with Crippen LogP contribution >= 0.6 is 0 Å². The second-order valence-corrected chi connectivity index (χ2v) is 3.03. The van der Waals surface area contributed by atoms with Gasteiger partial charge in [0.1, 0.15) is 5.82 Å². The zero-order valence-corrected chi connectivity index (χ0v) is 8.47. The Bertz CT molecular complexity index is 349. The summed E-state index contributed by atoms with van der Waals surface area (Å²) in [6, 6.07) is 5.26. The molecular weight excluding hydrogens is 194 g/mol. The number of hydrogen-bond acceptors (Lipinski definition) is 5. The zero-order valence-electron chi connectivity index (χ0n) is 8.47. The standard InChI is InChI=1S/C10H13N3O2/c1-15-7-9(14)6-13-10-4-8(5-11)2-3-12-10/h2-4,9,14H,6-7H2,1H3,(H,12,13). The lowest BCUT2D eigenvalue weighted by Crippen LogP contribution is -2.24. The van der Waals surface area contributed by atoms with Crippen molar-refractivity contribution in [2.45, 2.75) is 6.10 Å². The molecule has 1 atom stereocenters. The molecule has 0 aromatic carbocycles. The fourth-order valence-electron chi connectivity index (χ4n) is 1.07. The highest BCUT2D eigenvalue weighted by molar-refractivity contribution is 5.42. The van der Waals surface area contributed by atoms with E-state index in [1.54, 1.807) is 18.3 Å². The SMILES string of the molecule is COCC(O)CNc1cc(C#N)ccn1. The van der Waals surface area contributed by atoms with Gasteiger partial charge in [-0.2, -0.15) is 5.26 Å². The first-order valence-corrected chi connectivity index (χ1v) is 4.53. The van der Waals surface area contributed by atoms with Crippen LogP contribution in [0.1, 0.15) is 5.56 Å².